The Hall–Kier alpha value is -0.640. The molecule has 0 aliphatic heterocycles. The number of hydrogen-bond donors (Lipinski definition) is 1. The van der Waals surface area contributed by atoms with Gasteiger partial charge in [-0.3, -0.25) is 0 Å². The van der Waals surface area contributed by atoms with E-state index in [0.717, 1.165) is 10.9 Å². The molecule has 0 spiro atoms. The molecule has 0 aliphatic carbocycles. The summed E-state index contributed by atoms with van der Waals surface area (Å²) in [5.74, 6) is 0.0462. The van der Waals surface area contributed by atoms with Gasteiger partial charge in [-0.2, -0.15) is 0 Å². The van der Waals surface area contributed by atoms with Crippen molar-refractivity contribution in [1.82, 2.24) is 0 Å². The summed E-state index contributed by atoms with van der Waals surface area (Å²) >= 11 is 3.39. The SMILES string of the molecule is C=CC(CO)COCCc1ccc(Br)cc1. The molecule has 16 heavy (non-hydrogen) atoms. The van der Waals surface area contributed by atoms with Crippen LogP contribution in [0.2, 0.25) is 0 Å². The van der Waals surface area contributed by atoms with Crippen LogP contribution in [0.25, 0.3) is 0 Å². The summed E-state index contributed by atoms with van der Waals surface area (Å²) in [6, 6.07) is 8.19. The van der Waals surface area contributed by atoms with E-state index in [2.05, 4.69) is 34.6 Å². The van der Waals surface area contributed by atoms with Crippen LogP contribution in [-0.2, 0) is 11.2 Å². The van der Waals surface area contributed by atoms with Crippen molar-refractivity contribution in [2.45, 2.75) is 6.42 Å². The lowest BCUT2D eigenvalue weighted by Gasteiger charge is -2.09. The number of aliphatic hydroxyl groups is 1. The van der Waals surface area contributed by atoms with Gasteiger partial charge in [-0.05, 0) is 24.1 Å². The predicted octanol–water partition coefficient (Wildman–Crippen LogP) is 2.80. The van der Waals surface area contributed by atoms with Gasteiger partial charge in [0, 0.05) is 10.4 Å². The molecule has 0 radical (unpaired) electrons. The average Bonchev–Trinajstić information content (AvgIpc) is 2.32. The maximum atomic E-state index is 8.92. The van der Waals surface area contributed by atoms with Gasteiger partial charge in [0.15, 0.2) is 0 Å². The van der Waals surface area contributed by atoms with Gasteiger partial charge < -0.3 is 9.84 Å². The van der Waals surface area contributed by atoms with E-state index in [4.69, 9.17) is 9.84 Å². The van der Waals surface area contributed by atoms with E-state index in [-0.39, 0.29) is 12.5 Å². The molecule has 0 amide bonds. The fourth-order valence-corrected chi connectivity index (χ4v) is 1.54. The maximum Gasteiger partial charge on any atom is 0.0550 e. The highest BCUT2D eigenvalue weighted by Gasteiger charge is 2.01. The van der Waals surface area contributed by atoms with Crippen LogP contribution in [-0.4, -0.2) is 24.9 Å². The van der Waals surface area contributed by atoms with Crippen molar-refractivity contribution in [1.29, 1.82) is 0 Å². The zero-order valence-electron chi connectivity index (χ0n) is 9.23. The topological polar surface area (TPSA) is 29.5 Å². The molecular formula is C13H17BrO2. The van der Waals surface area contributed by atoms with Crippen LogP contribution < -0.4 is 0 Å². The largest absolute Gasteiger partial charge is 0.396 e. The van der Waals surface area contributed by atoms with E-state index in [1.54, 1.807) is 6.08 Å². The third-order valence-electron chi connectivity index (χ3n) is 2.35. The second-order valence-electron chi connectivity index (χ2n) is 3.63. The first-order valence-electron chi connectivity index (χ1n) is 5.32. The Kier molecular flexibility index (Phi) is 6.38. The van der Waals surface area contributed by atoms with Crippen molar-refractivity contribution < 1.29 is 9.84 Å². The summed E-state index contributed by atoms with van der Waals surface area (Å²) in [7, 11) is 0. The lowest BCUT2D eigenvalue weighted by atomic mass is 10.1. The molecule has 1 aromatic carbocycles. The van der Waals surface area contributed by atoms with Crippen molar-refractivity contribution in [3.63, 3.8) is 0 Å². The molecule has 1 rings (SSSR count). The number of ether oxygens (including phenoxy) is 1. The first-order chi connectivity index (χ1) is 7.76. The second-order valence-corrected chi connectivity index (χ2v) is 4.55. The Morgan fingerprint density at radius 3 is 2.62 bits per heavy atom. The molecule has 0 saturated carbocycles. The second kappa shape index (κ2) is 7.60. The third kappa shape index (κ3) is 4.92. The van der Waals surface area contributed by atoms with Crippen LogP contribution in [0.1, 0.15) is 5.56 Å². The van der Waals surface area contributed by atoms with E-state index in [9.17, 15) is 0 Å². The number of rotatable bonds is 7. The Balaban J connectivity index is 2.20. The Morgan fingerprint density at radius 2 is 2.06 bits per heavy atom. The van der Waals surface area contributed by atoms with Crippen LogP contribution in [0.5, 0.6) is 0 Å². The van der Waals surface area contributed by atoms with Crippen LogP contribution in [0.3, 0.4) is 0 Å². The number of halogens is 1. The monoisotopic (exact) mass is 284 g/mol. The van der Waals surface area contributed by atoms with Gasteiger partial charge in [0.1, 0.15) is 0 Å². The summed E-state index contributed by atoms with van der Waals surface area (Å²) in [5, 5.41) is 8.92. The summed E-state index contributed by atoms with van der Waals surface area (Å²) < 4.78 is 6.56. The molecule has 2 nitrogen and oxygen atoms in total. The average molecular weight is 285 g/mol. The molecule has 88 valence electrons. The van der Waals surface area contributed by atoms with Crippen molar-refractivity contribution in [2.75, 3.05) is 19.8 Å². The van der Waals surface area contributed by atoms with E-state index >= 15 is 0 Å². The molecule has 0 fully saturated rings. The highest BCUT2D eigenvalue weighted by atomic mass is 79.9. The summed E-state index contributed by atoms with van der Waals surface area (Å²) in [5.41, 5.74) is 1.25. The quantitative estimate of drug-likeness (QED) is 0.616. The Morgan fingerprint density at radius 1 is 1.38 bits per heavy atom. The van der Waals surface area contributed by atoms with Crippen LogP contribution in [0.15, 0.2) is 41.4 Å². The molecule has 0 bridgehead atoms. The van der Waals surface area contributed by atoms with E-state index in [1.807, 2.05) is 12.1 Å². The van der Waals surface area contributed by atoms with Gasteiger partial charge in [0.25, 0.3) is 0 Å². The fraction of sp³-hybridized carbons (Fsp3) is 0.385. The molecule has 1 atom stereocenters. The zero-order valence-corrected chi connectivity index (χ0v) is 10.8. The maximum absolute atomic E-state index is 8.92. The standard InChI is InChI=1S/C13H17BrO2/c1-2-11(9-15)10-16-8-7-12-3-5-13(14)6-4-12/h2-6,11,15H,1,7-10H2. The van der Waals surface area contributed by atoms with Crippen molar-refractivity contribution >= 4 is 15.9 Å². The van der Waals surface area contributed by atoms with Gasteiger partial charge >= 0.3 is 0 Å². The van der Waals surface area contributed by atoms with Gasteiger partial charge in [0.05, 0.1) is 19.8 Å². The molecule has 1 aromatic rings. The number of hydrogen-bond acceptors (Lipinski definition) is 2. The molecule has 3 heteroatoms. The fourth-order valence-electron chi connectivity index (χ4n) is 1.27. The highest BCUT2D eigenvalue weighted by Crippen LogP contribution is 2.11. The molecule has 1 N–H and O–H groups in total. The minimum atomic E-state index is 0.0462. The molecule has 0 aromatic heterocycles. The van der Waals surface area contributed by atoms with Gasteiger partial charge in [-0.25, -0.2) is 0 Å². The van der Waals surface area contributed by atoms with Crippen LogP contribution >= 0.6 is 15.9 Å². The van der Waals surface area contributed by atoms with Crippen molar-refractivity contribution in [3.8, 4) is 0 Å². The first-order valence-corrected chi connectivity index (χ1v) is 6.11. The summed E-state index contributed by atoms with van der Waals surface area (Å²) in [4.78, 5) is 0. The highest BCUT2D eigenvalue weighted by molar-refractivity contribution is 9.10. The van der Waals surface area contributed by atoms with Gasteiger partial charge in [-0.15, -0.1) is 6.58 Å². The Labute approximate surface area is 105 Å². The van der Waals surface area contributed by atoms with Crippen molar-refractivity contribution in [2.24, 2.45) is 5.92 Å². The molecule has 0 saturated heterocycles. The minimum Gasteiger partial charge on any atom is -0.396 e. The molecule has 1 unspecified atom stereocenters. The summed E-state index contributed by atoms with van der Waals surface area (Å²) in [6.45, 7) is 4.94. The van der Waals surface area contributed by atoms with E-state index in [1.165, 1.54) is 5.56 Å². The normalized spacial score (nSPS) is 12.4. The third-order valence-corrected chi connectivity index (χ3v) is 2.88. The van der Waals surface area contributed by atoms with Gasteiger partial charge in [0.2, 0.25) is 0 Å². The van der Waals surface area contributed by atoms with E-state index < -0.39 is 0 Å². The molecule has 0 heterocycles. The number of benzene rings is 1. The lowest BCUT2D eigenvalue weighted by Crippen LogP contribution is -2.12. The van der Waals surface area contributed by atoms with E-state index in [0.29, 0.717) is 13.2 Å². The molecular weight excluding hydrogens is 268 g/mol. The van der Waals surface area contributed by atoms with Crippen LogP contribution in [0.4, 0.5) is 0 Å². The lowest BCUT2D eigenvalue weighted by molar-refractivity contribution is 0.0920. The van der Waals surface area contributed by atoms with Gasteiger partial charge in [-0.1, -0.05) is 34.1 Å². The Bertz CT molecular complexity index is 308. The van der Waals surface area contributed by atoms with Crippen molar-refractivity contribution in [3.05, 3.63) is 47.0 Å². The first kappa shape index (κ1) is 13.4. The molecule has 0 aliphatic rings. The minimum absolute atomic E-state index is 0.0462. The zero-order chi connectivity index (χ0) is 11.8. The van der Waals surface area contributed by atoms with Crippen LogP contribution in [0, 0.1) is 5.92 Å². The predicted molar refractivity (Wildman–Crippen MR) is 69.4 cm³/mol. The smallest absolute Gasteiger partial charge is 0.0550 e. The summed E-state index contributed by atoms with van der Waals surface area (Å²) in [6.07, 6.45) is 2.61. The number of aliphatic hydroxyl groups excluding tert-OH is 1.